The average molecular weight is 299 g/mol. The van der Waals surface area contributed by atoms with Crippen LogP contribution in [0, 0.1) is 15.5 Å². The number of rotatable bonds is 4. The third-order valence-electron chi connectivity index (χ3n) is 3.94. The molecular weight excluding hydrogens is 280 g/mol. The summed E-state index contributed by atoms with van der Waals surface area (Å²) in [6.45, 7) is 4.41. The lowest BCUT2D eigenvalue weighted by atomic mass is 9.81. The summed E-state index contributed by atoms with van der Waals surface area (Å²) in [5, 5.41) is 11.6. The van der Waals surface area contributed by atoms with Crippen molar-refractivity contribution >= 4 is 23.0 Å². The van der Waals surface area contributed by atoms with Gasteiger partial charge in [-0.15, -0.1) is 0 Å². The predicted octanol–water partition coefficient (Wildman–Crippen LogP) is 3.50. The van der Waals surface area contributed by atoms with E-state index < -0.39 is 0 Å². The summed E-state index contributed by atoms with van der Waals surface area (Å²) < 4.78 is 5.26. The minimum atomic E-state index is -0.371. The van der Waals surface area contributed by atoms with Crippen molar-refractivity contribution in [2.45, 2.75) is 19.8 Å². The highest BCUT2D eigenvalue weighted by Gasteiger charge is 2.33. The van der Waals surface area contributed by atoms with Crippen molar-refractivity contribution in [2.75, 3.05) is 31.7 Å². The molecule has 0 aliphatic carbocycles. The second-order valence-corrected chi connectivity index (χ2v) is 6.00. The fraction of sp³-hybridized carbons (Fsp3) is 0.571. The normalized spacial score (nSPS) is 18.1. The number of anilines is 1. The Morgan fingerprint density at radius 1 is 1.45 bits per heavy atom. The van der Waals surface area contributed by atoms with E-state index in [2.05, 4.69) is 6.92 Å². The van der Waals surface area contributed by atoms with Crippen molar-refractivity contribution in [1.82, 2.24) is 0 Å². The molecule has 1 aliphatic heterocycles. The molecule has 0 saturated carbocycles. The van der Waals surface area contributed by atoms with Crippen LogP contribution < -0.4 is 4.90 Å². The smallest absolute Gasteiger partial charge is 0.294 e. The Bertz CT molecular complexity index is 499. The molecule has 110 valence electrons. The Labute approximate surface area is 123 Å². The van der Waals surface area contributed by atoms with E-state index in [9.17, 15) is 10.1 Å². The van der Waals surface area contributed by atoms with Crippen molar-refractivity contribution in [1.29, 1.82) is 0 Å². The number of nitro groups is 1. The largest absolute Gasteiger partial charge is 0.384 e. The van der Waals surface area contributed by atoms with Crippen molar-refractivity contribution in [3.63, 3.8) is 0 Å². The fourth-order valence-corrected chi connectivity index (χ4v) is 3.02. The number of hydrogen-bond acceptors (Lipinski definition) is 4. The van der Waals surface area contributed by atoms with Gasteiger partial charge in [0, 0.05) is 26.3 Å². The van der Waals surface area contributed by atoms with E-state index in [1.54, 1.807) is 19.2 Å². The van der Waals surface area contributed by atoms with Gasteiger partial charge in [0.2, 0.25) is 0 Å². The molecule has 0 radical (unpaired) electrons. The summed E-state index contributed by atoms with van der Waals surface area (Å²) in [7, 11) is 1.70. The molecule has 1 fully saturated rings. The van der Waals surface area contributed by atoms with E-state index in [1.807, 2.05) is 4.90 Å². The molecule has 6 heteroatoms. The number of nitro benzene ring substituents is 1. The van der Waals surface area contributed by atoms with Crippen LogP contribution in [0.25, 0.3) is 0 Å². The van der Waals surface area contributed by atoms with Gasteiger partial charge in [-0.25, -0.2) is 0 Å². The number of piperidine rings is 1. The number of para-hydroxylation sites is 1. The maximum Gasteiger partial charge on any atom is 0.294 e. The topological polar surface area (TPSA) is 55.6 Å². The monoisotopic (exact) mass is 298 g/mol. The van der Waals surface area contributed by atoms with Gasteiger partial charge in [0.05, 0.1) is 16.6 Å². The lowest BCUT2D eigenvalue weighted by Gasteiger charge is -2.40. The van der Waals surface area contributed by atoms with E-state index >= 15 is 0 Å². The summed E-state index contributed by atoms with van der Waals surface area (Å²) in [6.07, 6.45) is 1.87. The van der Waals surface area contributed by atoms with Crippen LogP contribution in [0.3, 0.4) is 0 Å². The van der Waals surface area contributed by atoms with Gasteiger partial charge in [-0.2, -0.15) is 0 Å². The lowest BCUT2D eigenvalue weighted by molar-refractivity contribution is -0.384. The maximum atomic E-state index is 11.1. The lowest BCUT2D eigenvalue weighted by Crippen LogP contribution is -2.41. The number of methoxy groups -OCH3 is 1. The number of ether oxygens (including phenoxy) is 1. The number of halogens is 1. The van der Waals surface area contributed by atoms with Crippen LogP contribution in [-0.4, -0.2) is 31.7 Å². The molecule has 1 aliphatic rings. The first kappa shape index (κ1) is 15.1. The molecule has 0 amide bonds. The molecule has 1 aromatic rings. The molecule has 1 heterocycles. The number of benzene rings is 1. The van der Waals surface area contributed by atoms with Gasteiger partial charge in [0.15, 0.2) is 0 Å². The highest BCUT2D eigenvalue weighted by Crippen LogP contribution is 2.40. The Morgan fingerprint density at radius 3 is 2.65 bits per heavy atom. The molecule has 0 unspecified atom stereocenters. The molecule has 5 nitrogen and oxygen atoms in total. The molecule has 20 heavy (non-hydrogen) atoms. The molecular formula is C14H19ClN2O3. The second-order valence-electron chi connectivity index (χ2n) is 5.60. The standard InChI is InChI=1S/C14H19ClN2O3/c1-14(10-20-2)6-8-16(9-7-14)13-11(15)4-3-5-12(13)17(18)19/h3-5H,6-10H2,1-2H3. The first-order chi connectivity index (χ1) is 9.47. The summed E-state index contributed by atoms with van der Waals surface area (Å²) in [6, 6.07) is 4.82. The Kier molecular flexibility index (Phi) is 4.50. The molecule has 2 rings (SSSR count). The van der Waals surface area contributed by atoms with Crippen molar-refractivity contribution in [3.8, 4) is 0 Å². The molecule has 0 bridgehead atoms. The van der Waals surface area contributed by atoms with E-state index in [0.717, 1.165) is 25.9 Å². The van der Waals surface area contributed by atoms with Crippen LogP contribution in [-0.2, 0) is 4.74 Å². The fourth-order valence-electron chi connectivity index (χ4n) is 2.73. The van der Waals surface area contributed by atoms with Gasteiger partial charge in [-0.3, -0.25) is 10.1 Å². The van der Waals surface area contributed by atoms with Gasteiger partial charge < -0.3 is 9.64 Å². The van der Waals surface area contributed by atoms with E-state index in [4.69, 9.17) is 16.3 Å². The van der Waals surface area contributed by atoms with Crippen LogP contribution in [0.1, 0.15) is 19.8 Å². The van der Waals surface area contributed by atoms with Gasteiger partial charge in [-0.05, 0) is 24.3 Å². The third kappa shape index (κ3) is 3.04. The average Bonchev–Trinajstić information content (AvgIpc) is 2.40. The number of hydrogen-bond donors (Lipinski definition) is 0. The van der Waals surface area contributed by atoms with Gasteiger partial charge >= 0.3 is 0 Å². The first-order valence-corrected chi connectivity index (χ1v) is 7.01. The van der Waals surface area contributed by atoms with Crippen molar-refractivity contribution < 1.29 is 9.66 Å². The van der Waals surface area contributed by atoms with Gasteiger partial charge in [0.1, 0.15) is 5.69 Å². The van der Waals surface area contributed by atoms with Gasteiger partial charge in [0.25, 0.3) is 5.69 Å². The van der Waals surface area contributed by atoms with Crippen LogP contribution in [0.4, 0.5) is 11.4 Å². The Hall–Kier alpha value is -1.33. The van der Waals surface area contributed by atoms with Crippen LogP contribution in [0.5, 0.6) is 0 Å². The molecule has 0 atom stereocenters. The van der Waals surface area contributed by atoms with Crippen LogP contribution in [0.2, 0.25) is 5.02 Å². The SMILES string of the molecule is COCC1(C)CCN(c2c(Cl)cccc2[N+](=O)[O-])CC1. The number of nitrogens with zero attached hydrogens (tertiary/aromatic N) is 2. The zero-order valence-electron chi connectivity index (χ0n) is 11.8. The zero-order valence-corrected chi connectivity index (χ0v) is 12.5. The summed E-state index contributed by atoms with van der Waals surface area (Å²) in [4.78, 5) is 12.8. The molecule has 0 spiro atoms. The Morgan fingerprint density at radius 2 is 2.10 bits per heavy atom. The van der Waals surface area contributed by atoms with E-state index in [0.29, 0.717) is 17.3 Å². The quantitative estimate of drug-likeness (QED) is 0.630. The highest BCUT2D eigenvalue weighted by molar-refractivity contribution is 6.33. The maximum absolute atomic E-state index is 11.1. The summed E-state index contributed by atoms with van der Waals surface area (Å²) >= 11 is 6.17. The van der Waals surface area contributed by atoms with Crippen molar-refractivity contribution in [3.05, 3.63) is 33.3 Å². The molecule has 1 aromatic carbocycles. The van der Waals surface area contributed by atoms with E-state index in [-0.39, 0.29) is 16.0 Å². The summed E-state index contributed by atoms with van der Waals surface area (Å²) in [5.41, 5.74) is 0.757. The predicted molar refractivity (Wildman–Crippen MR) is 79.5 cm³/mol. The van der Waals surface area contributed by atoms with Gasteiger partial charge in [-0.1, -0.05) is 24.6 Å². The molecule has 1 saturated heterocycles. The minimum Gasteiger partial charge on any atom is -0.384 e. The van der Waals surface area contributed by atoms with E-state index in [1.165, 1.54) is 6.07 Å². The van der Waals surface area contributed by atoms with Crippen LogP contribution >= 0.6 is 11.6 Å². The molecule has 0 aromatic heterocycles. The highest BCUT2D eigenvalue weighted by atomic mass is 35.5. The first-order valence-electron chi connectivity index (χ1n) is 6.64. The zero-order chi connectivity index (χ0) is 14.8. The third-order valence-corrected chi connectivity index (χ3v) is 4.25. The second kappa shape index (κ2) is 5.97. The summed E-state index contributed by atoms with van der Waals surface area (Å²) in [5.74, 6) is 0. The Balaban J connectivity index is 2.21. The minimum absolute atomic E-state index is 0.0767. The van der Waals surface area contributed by atoms with Crippen LogP contribution in [0.15, 0.2) is 18.2 Å². The van der Waals surface area contributed by atoms with Crippen molar-refractivity contribution in [2.24, 2.45) is 5.41 Å². The molecule has 0 N–H and O–H groups in total.